The lowest BCUT2D eigenvalue weighted by molar-refractivity contribution is -0.120. The molecule has 3 rings (SSSR count). The van der Waals surface area contributed by atoms with Crippen LogP contribution in [0.25, 0.3) is 0 Å². The molecule has 0 aromatic heterocycles. The summed E-state index contributed by atoms with van der Waals surface area (Å²) in [7, 11) is 0. The van der Waals surface area contributed by atoms with E-state index in [4.69, 9.17) is 4.74 Å². The van der Waals surface area contributed by atoms with Gasteiger partial charge in [0.1, 0.15) is 18.2 Å². The number of rotatable bonds is 7. The highest BCUT2D eigenvalue weighted by Gasteiger charge is 2.23. The smallest absolute Gasteiger partial charge is 0.255 e. The van der Waals surface area contributed by atoms with Crippen molar-refractivity contribution in [2.75, 3.05) is 6.54 Å². The molecule has 2 aromatic rings. The number of para-hydroxylation sites is 1. The van der Waals surface area contributed by atoms with Gasteiger partial charge in [0.15, 0.2) is 0 Å². The molecule has 6 heteroatoms. The van der Waals surface area contributed by atoms with Gasteiger partial charge in [0.2, 0.25) is 5.91 Å². The van der Waals surface area contributed by atoms with Gasteiger partial charge in [0, 0.05) is 6.04 Å². The van der Waals surface area contributed by atoms with E-state index in [-0.39, 0.29) is 36.8 Å². The third kappa shape index (κ3) is 5.04. The minimum atomic E-state index is -0.374. The van der Waals surface area contributed by atoms with Crippen LogP contribution in [-0.4, -0.2) is 24.4 Å². The average Bonchev–Trinajstić information content (AvgIpc) is 3.43. The molecule has 1 aliphatic carbocycles. The number of carbonyl (C=O) groups is 2. The van der Waals surface area contributed by atoms with E-state index in [0.717, 1.165) is 18.4 Å². The van der Waals surface area contributed by atoms with Gasteiger partial charge in [0.05, 0.1) is 12.1 Å². The van der Waals surface area contributed by atoms with Crippen LogP contribution in [-0.2, 0) is 11.4 Å². The van der Waals surface area contributed by atoms with Crippen molar-refractivity contribution in [3.63, 3.8) is 0 Å². The fraction of sp³-hybridized carbons (Fsp3) is 0.263. The Kier molecular flexibility index (Phi) is 5.28. The largest absolute Gasteiger partial charge is 0.488 e. The summed E-state index contributed by atoms with van der Waals surface area (Å²) in [5.74, 6) is -0.471. The molecular formula is C19H19FN2O3. The van der Waals surface area contributed by atoms with E-state index >= 15 is 0 Å². The maximum Gasteiger partial charge on any atom is 0.255 e. The zero-order chi connectivity index (χ0) is 17.6. The van der Waals surface area contributed by atoms with E-state index in [1.807, 2.05) is 0 Å². The molecule has 0 radical (unpaired) electrons. The molecule has 25 heavy (non-hydrogen) atoms. The molecule has 5 nitrogen and oxygen atoms in total. The Morgan fingerprint density at radius 3 is 2.52 bits per heavy atom. The van der Waals surface area contributed by atoms with Crippen LogP contribution in [0.3, 0.4) is 0 Å². The van der Waals surface area contributed by atoms with Gasteiger partial charge in [-0.25, -0.2) is 4.39 Å². The number of ether oxygens (including phenoxy) is 1. The van der Waals surface area contributed by atoms with E-state index in [0.29, 0.717) is 11.3 Å². The second-order valence-corrected chi connectivity index (χ2v) is 5.94. The molecule has 130 valence electrons. The van der Waals surface area contributed by atoms with Crippen LogP contribution < -0.4 is 15.4 Å². The summed E-state index contributed by atoms with van der Waals surface area (Å²) in [6, 6.07) is 13.0. The molecule has 1 aliphatic rings. The van der Waals surface area contributed by atoms with Gasteiger partial charge < -0.3 is 15.4 Å². The second kappa shape index (κ2) is 7.79. The van der Waals surface area contributed by atoms with Crippen molar-refractivity contribution >= 4 is 11.8 Å². The summed E-state index contributed by atoms with van der Waals surface area (Å²) in [5, 5.41) is 5.41. The predicted octanol–water partition coefficient (Wildman–Crippen LogP) is 2.41. The standard InChI is InChI=1S/C19H19FN2O3/c20-14-7-5-13(6-8-14)12-25-17-4-2-1-3-16(17)19(24)21-11-18(23)22-15-9-10-15/h1-8,15H,9-12H2,(H,21,24)(H,22,23). The Bertz CT molecular complexity index is 758. The first-order chi connectivity index (χ1) is 12.1. The highest BCUT2D eigenvalue weighted by Crippen LogP contribution is 2.20. The molecule has 2 N–H and O–H groups in total. The molecule has 0 heterocycles. The Morgan fingerprint density at radius 1 is 1.08 bits per heavy atom. The van der Waals surface area contributed by atoms with Crippen molar-refractivity contribution in [3.05, 3.63) is 65.5 Å². The minimum absolute atomic E-state index is 0.0678. The van der Waals surface area contributed by atoms with E-state index in [1.54, 1.807) is 36.4 Å². The maximum absolute atomic E-state index is 12.9. The summed E-state index contributed by atoms with van der Waals surface area (Å²) in [4.78, 5) is 24.0. The van der Waals surface area contributed by atoms with Gasteiger partial charge in [0.25, 0.3) is 5.91 Å². The molecule has 1 fully saturated rings. The average molecular weight is 342 g/mol. The highest BCUT2D eigenvalue weighted by atomic mass is 19.1. The Balaban J connectivity index is 1.58. The number of hydrogen-bond acceptors (Lipinski definition) is 3. The SMILES string of the molecule is O=C(CNC(=O)c1ccccc1OCc1ccc(F)cc1)NC1CC1. The summed E-state index contributed by atoms with van der Waals surface area (Å²) in [6.07, 6.45) is 2.00. The van der Waals surface area contributed by atoms with Crippen molar-refractivity contribution in [2.45, 2.75) is 25.5 Å². The van der Waals surface area contributed by atoms with Crippen LogP contribution in [0, 0.1) is 5.82 Å². The topological polar surface area (TPSA) is 67.4 Å². The number of amides is 2. The van der Waals surface area contributed by atoms with Gasteiger partial charge in [-0.2, -0.15) is 0 Å². The van der Waals surface area contributed by atoms with Crippen LogP contribution in [0.2, 0.25) is 0 Å². The minimum Gasteiger partial charge on any atom is -0.488 e. The summed E-state index contributed by atoms with van der Waals surface area (Å²) >= 11 is 0. The normalized spacial score (nSPS) is 13.2. The number of carbonyl (C=O) groups excluding carboxylic acids is 2. The zero-order valence-electron chi connectivity index (χ0n) is 13.6. The van der Waals surface area contributed by atoms with Crippen molar-refractivity contribution in [2.24, 2.45) is 0 Å². The first-order valence-corrected chi connectivity index (χ1v) is 8.15. The fourth-order valence-electron chi connectivity index (χ4n) is 2.28. The Morgan fingerprint density at radius 2 is 1.80 bits per heavy atom. The number of benzene rings is 2. The Labute approximate surface area is 145 Å². The van der Waals surface area contributed by atoms with Crippen molar-refractivity contribution < 1.29 is 18.7 Å². The zero-order valence-corrected chi connectivity index (χ0v) is 13.6. The van der Waals surface area contributed by atoms with Crippen molar-refractivity contribution in [1.82, 2.24) is 10.6 Å². The lowest BCUT2D eigenvalue weighted by Gasteiger charge is -2.12. The van der Waals surface area contributed by atoms with Crippen LogP contribution in [0.5, 0.6) is 5.75 Å². The van der Waals surface area contributed by atoms with Crippen molar-refractivity contribution in [3.8, 4) is 5.75 Å². The lowest BCUT2D eigenvalue weighted by Crippen LogP contribution is -2.37. The molecule has 0 bridgehead atoms. The van der Waals surface area contributed by atoms with E-state index < -0.39 is 0 Å². The van der Waals surface area contributed by atoms with Gasteiger partial charge in [-0.1, -0.05) is 24.3 Å². The van der Waals surface area contributed by atoms with Crippen molar-refractivity contribution in [1.29, 1.82) is 0 Å². The molecule has 0 saturated heterocycles. The molecule has 0 atom stereocenters. The monoisotopic (exact) mass is 342 g/mol. The van der Waals surface area contributed by atoms with Crippen LogP contribution >= 0.6 is 0 Å². The lowest BCUT2D eigenvalue weighted by atomic mass is 10.2. The molecule has 0 unspecified atom stereocenters. The number of halogens is 1. The van der Waals surface area contributed by atoms with Gasteiger partial charge in [-0.15, -0.1) is 0 Å². The van der Waals surface area contributed by atoms with Crippen LogP contribution in [0.1, 0.15) is 28.8 Å². The molecule has 0 spiro atoms. The van der Waals surface area contributed by atoms with Gasteiger partial charge in [-0.05, 0) is 42.7 Å². The third-order valence-corrected chi connectivity index (χ3v) is 3.79. The molecule has 2 aromatic carbocycles. The van der Waals surface area contributed by atoms with Gasteiger partial charge in [-0.3, -0.25) is 9.59 Å². The molecule has 2 amide bonds. The summed E-state index contributed by atoms with van der Waals surface area (Å²) in [6.45, 7) is 0.147. The van der Waals surface area contributed by atoms with E-state index in [9.17, 15) is 14.0 Å². The molecule has 0 aliphatic heterocycles. The van der Waals surface area contributed by atoms with Crippen LogP contribution in [0.15, 0.2) is 48.5 Å². The third-order valence-electron chi connectivity index (χ3n) is 3.79. The van der Waals surface area contributed by atoms with Crippen LogP contribution in [0.4, 0.5) is 4.39 Å². The molecular weight excluding hydrogens is 323 g/mol. The van der Waals surface area contributed by atoms with E-state index in [2.05, 4.69) is 10.6 Å². The Hall–Kier alpha value is -2.89. The first kappa shape index (κ1) is 17.0. The van der Waals surface area contributed by atoms with Gasteiger partial charge >= 0.3 is 0 Å². The quantitative estimate of drug-likeness (QED) is 0.812. The summed E-state index contributed by atoms with van der Waals surface area (Å²) < 4.78 is 18.6. The predicted molar refractivity (Wildman–Crippen MR) is 90.7 cm³/mol. The maximum atomic E-state index is 12.9. The first-order valence-electron chi connectivity index (χ1n) is 8.15. The fourth-order valence-corrected chi connectivity index (χ4v) is 2.28. The number of hydrogen-bond donors (Lipinski definition) is 2. The summed E-state index contributed by atoms with van der Waals surface area (Å²) in [5.41, 5.74) is 1.14. The number of nitrogens with one attached hydrogen (secondary N) is 2. The van der Waals surface area contributed by atoms with E-state index in [1.165, 1.54) is 12.1 Å². The second-order valence-electron chi connectivity index (χ2n) is 5.94. The molecule has 1 saturated carbocycles. The highest BCUT2D eigenvalue weighted by molar-refractivity contribution is 5.98.